The van der Waals surface area contributed by atoms with Crippen molar-refractivity contribution in [3.05, 3.63) is 18.2 Å². The van der Waals surface area contributed by atoms with E-state index in [-0.39, 0.29) is 5.91 Å². The summed E-state index contributed by atoms with van der Waals surface area (Å²) < 4.78 is 0. The van der Waals surface area contributed by atoms with Gasteiger partial charge < -0.3 is 10.2 Å². The molecule has 18 heavy (non-hydrogen) atoms. The van der Waals surface area contributed by atoms with E-state index < -0.39 is 0 Å². The molecular weight excluding hydrogens is 228 g/mol. The van der Waals surface area contributed by atoms with Crippen LogP contribution < -0.4 is 15.1 Å². The lowest BCUT2D eigenvalue weighted by Gasteiger charge is -2.29. The predicted molar refractivity (Wildman–Crippen MR) is 70.9 cm³/mol. The SMILES string of the molecule is O=C1CCCN1c1cccc(N2CCNCC2)n1. The maximum atomic E-state index is 11.7. The van der Waals surface area contributed by atoms with E-state index in [9.17, 15) is 4.79 Å². The molecule has 1 N–H and O–H groups in total. The van der Waals surface area contributed by atoms with Crippen molar-refractivity contribution in [3.63, 3.8) is 0 Å². The number of piperazine rings is 1. The Hall–Kier alpha value is -1.62. The summed E-state index contributed by atoms with van der Waals surface area (Å²) >= 11 is 0. The summed E-state index contributed by atoms with van der Waals surface area (Å²) in [6.45, 7) is 4.74. The van der Waals surface area contributed by atoms with Gasteiger partial charge in [0, 0.05) is 39.1 Å². The number of pyridine rings is 1. The summed E-state index contributed by atoms with van der Waals surface area (Å²) in [6.07, 6.45) is 1.60. The molecule has 0 atom stereocenters. The molecule has 5 nitrogen and oxygen atoms in total. The van der Waals surface area contributed by atoms with Gasteiger partial charge in [0.25, 0.3) is 0 Å². The maximum Gasteiger partial charge on any atom is 0.228 e. The van der Waals surface area contributed by atoms with Gasteiger partial charge in [-0.15, -0.1) is 0 Å². The Morgan fingerprint density at radius 2 is 1.89 bits per heavy atom. The molecule has 2 aliphatic rings. The molecule has 2 aliphatic heterocycles. The highest BCUT2D eigenvalue weighted by molar-refractivity contribution is 5.94. The van der Waals surface area contributed by atoms with E-state index >= 15 is 0 Å². The first-order valence-electron chi connectivity index (χ1n) is 6.58. The Morgan fingerprint density at radius 3 is 2.61 bits per heavy atom. The van der Waals surface area contributed by atoms with Crippen LogP contribution in [0.5, 0.6) is 0 Å². The van der Waals surface area contributed by atoms with Crippen molar-refractivity contribution in [3.8, 4) is 0 Å². The highest BCUT2D eigenvalue weighted by Gasteiger charge is 2.23. The third-order valence-electron chi connectivity index (χ3n) is 3.51. The monoisotopic (exact) mass is 246 g/mol. The third kappa shape index (κ3) is 2.18. The van der Waals surface area contributed by atoms with Gasteiger partial charge in [0.2, 0.25) is 5.91 Å². The van der Waals surface area contributed by atoms with Crippen LogP contribution in [0.25, 0.3) is 0 Å². The molecule has 0 unspecified atom stereocenters. The second-order valence-electron chi connectivity index (χ2n) is 4.74. The van der Waals surface area contributed by atoms with Crippen LogP contribution in [0.4, 0.5) is 11.6 Å². The smallest absolute Gasteiger partial charge is 0.228 e. The van der Waals surface area contributed by atoms with Crippen molar-refractivity contribution in [1.82, 2.24) is 10.3 Å². The summed E-state index contributed by atoms with van der Waals surface area (Å²) in [6, 6.07) is 5.94. The van der Waals surface area contributed by atoms with E-state index in [4.69, 9.17) is 0 Å². The fourth-order valence-corrected chi connectivity index (χ4v) is 2.52. The molecule has 0 saturated carbocycles. The number of carbonyl (C=O) groups excluding carboxylic acids is 1. The molecule has 96 valence electrons. The van der Waals surface area contributed by atoms with Crippen LogP contribution >= 0.6 is 0 Å². The number of anilines is 2. The number of hydrogen-bond donors (Lipinski definition) is 1. The fraction of sp³-hybridized carbons (Fsp3) is 0.538. The fourth-order valence-electron chi connectivity index (χ4n) is 2.52. The molecule has 1 aromatic heterocycles. The highest BCUT2D eigenvalue weighted by atomic mass is 16.2. The minimum absolute atomic E-state index is 0.194. The van der Waals surface area contributed by atoms with E-state index in [1.807, 2.05) is 18.2 Å². The first kappa shape index (κ1) is 11.5. The second kappa shape index (κ2) is 4.94. The lowest BCUT2D eigenvalue weighted by Crippen LogP contribution is -2.44. The zero-order valence-electron chi connectivity index (χ0n) is 10.4. The van der Waals surface area contributed by atoms with Crippen LogP contribution in [-0.4, -0.2) is 43.6 Å². The Balaban J connectivity index is 1.82. The number of carbonyl (C=O) groups is 1. The van der Waals surface area contributed by atoms with Crippen molar-refractivity contribution >= 4 is 17.5 Å². The Morgan fingerprint density at radius 1 is 1.11 bits per heavy atom. The van der Waals surface area contributed by atoms with Crippen LogP contribution in [0, 0.1) is 0 Å². The largest absolute Gasteiger partial charge is 0.354 e. The van der Waals surface area contributed by atoms with Gasteiger partial charge in [0.15, 0.2) is 0 Å². The Labute approximate surface area is 107 Å². The Kier molecular flexibility index (Phi) is 3.15. The third-order valence-corrected chi connectivity index (χ3v) is 3.51. The molecule has 0 spiro atoms. The van der Waals surface area contributed by atoms with Crippen molar-refractivity contribution in [2.75, 3.05) is 42.5 Å². The summed E-state index contributed by atoms with van der Waals surface area (Å²) in [5, 5.41) is 3.33. The normalized spacial score (nSPS) is 20.6. The average Bonchev–Trinajstić information content (AvgIpc) is 2.86. The van der Waals surface area contributed by atoms with E-state index in [0.29, 0.717) is 6.42 Å². The first-order chi connectivity index (χ1) is 8.84. The van der Waals surface area contributed by atoms with Crippen molar-refractivity contribution in [2.45, 2.75) is 12.8 Å². The van der Waals surface area contributed by atoms with Gasteiger partial charge in [0.05, 0.1) is 0 Å². The molecule has 1 aromatic rings. The average molecular weight is 246 g/mol. The van der Waals surface area contributed by atoms with E-state index in [0.717, 1.165) is 50.8 Å². The van der Waals surface area contributed by atoms with Crippen molar-refractivity contribution in [2.24, 2.45) is 0 Å². The zero-order chi connectivity index (χ0) is 12.4. The maximum absolute atomic E-state index is 11.7. The summed E-state index contributed by atoms with van der Waals surface area (Å²) in [5.74, 6) is 1.97. The summed E-state index contributed by atoms with van der Waals surface area (Å²) in [5.41, 5.74) is 0. The van der Waals surface area contributed by atoms with Crippen molar-refractivity contribution in [1.29, 1.82) is 0 Å². The lowest BCUT2D eigenvalue weighted by atomic mass is 10.3. The minimum atomic E-state index is 0.194. The van der Waals surface area contributed by atoms with Crippen LogP contribution in [0.1, 0.15) is 12.8 Å². The highest BCUT2D eigenvalue weighted by Crippen LogP contribution is 2.22. The molecule has 0 radical (unpaired) electrons. The molecule has 2 saturated heterocycles. The van der Waals surface area contributed by atoms with Gasteiger partial charge >= 0.3 is 0 Å². The molecule has 5 heteroatoms. The molecular formula is C13H18N4O. The quantitative estimate of drug-likeness (QED) is 0.831. The number of hydrogen-bond acceptors (Lipinski definition) is 4. The van der Waals surface area contributed by atoms with E-state index in [1.165, 1.54) is 0 Å². The van der Waals surface area contributed by atoms with Gasteiger partial charge in [-0.2, -0.15) is 0 Å². The van der Waals surface area contributed by atoms with Gasteiger partial charge in [0.1, 0.15) is 11.6 Å². The first-order valence-corrected chi connectivity index (χ1v) is 6.58. The van der Waals surface area contributed by atoms with Crippen LogP contribution in [0.3, 0.4) is 0 Å². The second-order valence-corrected chi connectivity index (χ2v) is 4.74. The summed E-state index contributed by atoms with van der Waals surface area (Å²) in [7, 11) is 0. The minimum Gasteiger partial charge on any atom is -0.354 e. The van der Waals surface area contributed by atoms with Crippen LogP contribution in [-0.2, 0) is 4.79 Å². The van der Waals surface area contributed by atoms with Crippen LogP contribution in [0.2, 0.25) is 0 Å². The molecule has 0 aromatic carbocycles. The molecule has 0 bridgehead atoms. The standard InChI is InChI=1S/C13H18N4O/c18-13-5-2-8-17(13)12-4-1-3-11(15-12)16-9-6-14-7-10-16/h1,3-4,14H,2,5-10H2. The molecule has 3 rings (SSSR count). The number of nitrogens with one attached hydrogen (secondary N) is 1. The van der Waals surface area contributed by atoms with Crippen LogP contribution in [0.15, 0.2) is 18.2 Å². The zero-order valence-corrected chi connectivity index (χ0v) is 10.4. The molecule has 3 heterocycles. The van der Waals surface area contributed by atoms with Gasteiger partial charge in [-0.05, 0) is 18.6 Å². The van der Waals surface area contributed by atoms with Gasteiger partial charge in [-0.1, -0.05) is 6.07 Å². The molecule has 2 fully saturated rings. The van der Waals surface area contributed by atoms with E-state index in [1.54, 1.807) is 4.90 Å². The van der Waals surface area contributed by atoms with E-state index in [2.05, 4.69) is 15.2 Å². The Bertz CT molecular complexity index is 442. The van der Waals surface area contributed by atoms with Crippen molar-refractivity contribution < 1.29 is 4.79 Å². The lowest BCUT2D eigenvalue weighted by molar-refractivity contribution is -0.117. The topological polar surface area (TPSA) is 48.5 Å². The number of rotatable bonds is 2. The number of nitrogens with zero attached hydrogens (tertiary/aromatic N) is 3. The van der Waals surface area contributed by atoms with Gasteiger partial charge in [-0.25, -0.2) is 4.98 Å². The number of amides is 1. The number of aromatic nitrogens is 1. The molecule has 1 amide bonds. The summed E-state index contributed by atoms with van der Waals surface area (Å²) in [4.78, 5) is 20.4. The molecule has 0 aliphatic carbocycles. The van der Waals surface area contributed by atoms with Gasteiger partial charge in [-0.3, -0.25) is 9.69 Å². The predicted octanol–water partition coefficient (Wildman–Crippen LogP) is 0.618.